The van der Waals surface area contributed by atoms with E-state index in [1.165, 1.54) is 103 Å². The number of hydrogen-bond acceptors (Lipinski definition) is 2. The van der Waals surface area contributed by atoms with Gasteiger partial charge < -0.3 is 13.6 Å². The smallest absolute Gasteiger partial charge is 0.138 e. The standard InChI is InChI=1S/C54H34N2OS/c1-2-13-35(14-3-1)55-48-22-9-5-16-38(48)44-29-33(26-28-49(44)55)34-25-27-39-37-15-4-8-21-47(37)56(50(39)30-34)36-31-45-41-18-7-11-24-52(41)58-54(45)46(32-36)43-20-12-19-42-40-17-6-10-23-51(40)57-53(42)43/h1-11,13-18,20-32H,12,19H2. The molecule has 0 amide bonds. The molecule has 0 saturated carbocycles. The Balaban J connectivity index is 1.06. The van der Waals surface area contributed by atoms with Crippen molar-refractivity contribution in [1.82, 2.24) is 9.13 Å². The number of fused-ring (bicyclic) bond motifs is 12. The third-order valence-corrected chi connectivity index (χ3v) is 13.6. The van der Waals surface area contributed by atoms with Crippen LogP contribution in [0, 0.1) is 0 Å². The Morgan fingerprint density at radius 3 is 1.93 bits per heavy atom. The zero-order valence-electron chi connectivity index (χ0n) is 31.4. The third-order valence-electron chi connectivity index (χ3n) is 12.4. The van der Waals surface area contributed by atoms with Crippen LogP contribution in [0.4, 0.5) is 0 Å². The SMILES string of the molecule is C1=C(c2cc(-n3c4ccccc4c4ccc(-c5ccc6c(c5)c5ccccc5n6-c5ccccc5)cc43)cc3c2sc2ccccc23)c2oc3ccccc3c2CC1. The fraction of sp³-hybridized carbons (Fsp3) is 0.0370. The maximum Gasteiger partial charge on any atom is 0.138 e. The summed E-state index contributed by atoms with van der Waals surface area (Å²) in [5.74, 6) is 1.01. The Morgan fingerprint density at radius 2 is 1.09 bits per heavy atom. The fourth-order valence-electron chi connectivity index (χ4n) is 9.83. The lowest BCUT2D eigenvalue weighted by Gasteiger charge is -2.17. The van der Waals surface area contributed by atoms with Crippen LogP contribution in [-0.4, -0.2) is 9.13 Å². The highest BCUT2D eigenvalue weighted by Gasteiger charge is 2.26. The quantitative estimate of drug-likeness (QED) is 0.175. The average Bonchev–Trinajstić information content (AvgIpc) is 4.04. The molecule has 0 atom stereocenters. The molecule has 12 aromatic rings. The minimum Gasteiger partial charge on any atom is -0.456 e. The summed E-state index contributed by atoms with van der Waals surface area (Å²) in [4.78, 5) is 0. The van der Waals surface area contributed by atoms with Crippen LogP contribution >= 0.6 is 11.3 Å². The van der Waals surface area contributed by atoms with E-state index in [-0.39, 0.29) is 0 Å². The van der Waals surface area contributed by atoms with Crippen LogP contribution in [0.15, 0.2) is 186 Å². The number of allylic oxidation sites excluding steroid dienone is 1. The molecule has 0 unspecified atom stereocenters. The number of thiophene rings is 1. The second-order valence-electron chi connectivity index (χ2n) is 15.5. The number of para-hydroxylation sites is 4. The zero-order valence-corrected chi connectivity index (χ0v) is 32.3. The molecule has 13 rings (SSSR count). The minimum absolute atomic E-state index is 0.960. The van der Waals surface area contributed by atoms with Crippen molar-refractivity contribution in [2.75, 3.05) is 0 Å². The third kappa shape index (κ3) is 4.55. The fourth-order valence-corrected chi connectivity index (χ4v) is 11.0. The lowest BCUT2D eigenvalue weighted by Crippen LogP contribution is -2.01. The van der Waals surface area contributed by atoms with Crippen molar-refractivity contribution in [2.24, 2.45) is 0 Å². The molecule has 0 N–H and O–H groups in total. The molecule has 0 radical (unpaired) electrons. The summed E-state index contributed by atoms with van der Waals surface area (Å²) in [7, 11) is 0. The molecule has 4 aromatic heterocycles. The molecule has 1 aliphatic carbocycles. The molecule has 272 valence electrons. The highest BCUT2D eigenvalue weighted by atomic mass is 32.1. The highest BCUT2D eigenvalue weighted by molar-refractivity contribution is 7.26. The number of hydrogen-bond donors (Lipinski definition) is 0. The van der Waals surface area contributed by atoms with Crippen molar-refractivity contribution in [2.45, 2.75) is 12.8 Å². The van der Waals surface area contributed by atoms with Gasteiger partial charge in [-0.2, -0.15) is 0 Å². The average molecular weight is 759 g/mol. The zero-order chi connectivity index (χ0) is 37.9. The van der Waals surface area contributed by atoms with Gasteiger partial charge in [-0.1, -0.05) is 115 Å². The van der Waals surface area contributed by atoms with Crippen LogP contribution < -0.4 is 0 Å². The van der Waals surface area contributed by atoms with E-state index in [1.54, 1.807) is 0 Å². The van der Waals surface area contributed by atoms with Gasteiger partial charge in [-0.25, -0.2) is 0 Å². The van der Waals surface area contributed by atoms with E-state index in [0.29, 0.717) is 0 Å². The van der Waals surface area contributed by atoms with E-state index in [9.17, 15) is 0 Å². The molecular formula is C54H34N2OS. The van der Waals surface area contributed by atoms with Gasteiger partial charge in [0.15, 0.2) is 0 Å². The molecule has 0 saturated heterocycles. The van der Waals surface area contributed by atoms with Crippen molar-refractivity contribution >= 4 is 91.7 Å². The summed E-state index contributed by atoms with van der Waals surface area (Å²) in [6, 6.07) is 64.5. The predicted molar refractivity (Wildman–Crippen MR) is 245 cm³/mol. The molecule has 0 fully saturated rings. The Labute approximate surface area is 337 Å². The molecule has 4 heterocycles. The number of benzene rings is 8. The first kappa shape index (κ1) is 32.0. The van der Waals surface area contributed by atoms with Gasteiger partial charge >= 0.3 is 0 Å². The van der Waals surface area contributed by atoms with Crippen molar-refractivity contribution in [3.05, 3.63) is 199 Å². The Bertz CT molecular complexity index is 3680. The lowest BCUT2D eigenvalue weighted by molar-refractivity contribution is 0.591. The van der Waals surface area contributed by atoms with Crippen LogP contribution in [0.25, 0.3) is 103 Å². The second-order valence-corrected chi connectivity index (χ2v) is 16.6. The summed E-state index contributed by atoms with van der Waals surface area (Å²) in [5.41, 5.74) is 14.2. The molecule has 58 heavy (non-hydrogen) atoms. The van der Waals surface area contributed by atoms with Gasteiger partial charge in [0, 0.05) is 75.2 Å². The molecule has 1 aliphatic rings. The van der Waals surface area contributed by atoms with Crippen LogP contribution in [-0.2, 0) is 6.42 Å². The van der Waals surface area contributed by atoms with Gasteiger partial charge in [-0.15, -0.1) is 11.3 Å². The van der Waals surface area contributed by atoms with Crippen molar-refractivity contribution in [3.63, 3.8) is 0 Å². The van der Waals surface area contributed by atoms with Gasteiger partial charge in [0.1, 0.15) is 11.3 Å². The lowest BCUT2D eigenvalue weighted by atomic mass is 9.90. The van der Waals surface area contributed by atoms with E-state index >= 15 is 0 Å². The van der Waals surface area contributed by atoms with E-state index < -0.39 is 0 Å². The predicted octanol–water partition coefficient (Wildman–Crippen LogP) is 15.0. The first-order chi connectivity index (χ1) is 28.8. The number of furan rings is 1. The Kier molecular flexibility index (Phi) is 6.72. The molecule has 0 bridgehead atoms. The summed E-state index contributed by atoms with van der Waals surface area (Å²) in [6.07, 6.45) is 4.37. The van der Waals surface area contributed by atoms with E-state index in [4.69, 9.17) is 4.42 Å². The molecule has 8 aromatic carbocycles. The van der Waals surface area contributed by atoms with Gasteiger partial charge in [0.05, 0.1) is 22.1 Å². The van der Waals surface area contributed by atoms with Gasteiger partial charge in [0.25, 0.3) is 0 Å². The van der Waals surface area contributed by atoms with Gasteiger partial charge in [-0.3, -0.25) is 0 Å². The maximum absolute atomic E-state index is 6.73. The first-order valence-electron chi connectivity index (χ1n) is 20.1. The normalized spacial score (nSPS) is 13.1. The minimum atomic E-state index is 0.960. The van der Waals surface area contributed by atoms with Gasteiger partial charge in [0.2, 0.25) is 0 Å². The Morgan fingerprint density at radius 1 is 0.448 bits per heavy atom. The van der Waals surface area contributed by atoms with E-state index in [1.807, 2.05) is 11.3 Å². The number of aromatic nitrogens is 2. The number of nitrogens with zero attached hydrogens (tertiary/aromatic N) is 2. The maximum atomic E-state index is 6.73. The van der Waals surface area contributed by atoms with Crippen LogP contribution in [0.2, 0.25) is 0 Å². The summed E-state index contributed by atoms with van der Waals surface area (Å²) in [5, 5.41) is 8.79. The van der Waals surface area contributed by atoms with Gasteiger partial charge in [-0.05, 0) is 90.7 Å². The van der Waals surface area contributed by atoms with Crippen LogP contribution in [0.5, 0.6) is 0 Å². The summed E-state index contributed by atoms with van der Waals surface area (Å²) >= 11 is 1.88. The monoisotopic (exact) mass is 758 g/mol. The molecule has 4 heteroatoms. The van der Waals surface area contributed by atoms with Crippen molar-refractivity contribution in [3.8, 4) is 22.5 Å². The Hall–Kier alpha value is -7.14. The largest absolute Gasteiger partial charge is 0.456 e. The van der Waals surface area contributed by atoms with Crippen molar-refractivity contribution in [1.29, 1.82) is 0 Å². The first-order valence-corrected chi connectivity index (χ1v) is 20.9. The topological polar surface area (TPSA) is 23.0 Å². The van der Waals surface area contributed by atoms with Crippen molar-refractivity contribution < 1.29 is 4.42 Å². The molecule has 0 spiro atoms. The number of rotatable bonds is 4. The molecular weight excluding hydrogens is 725 g/mol. The summed E-state index contributed by atoms with van der Waals surface area (Å²) in [6.45, 7) is 0. The van der Waals surface area contributed by atoms with E-state index in [0.717, 1.165) is 29.9 Å². The highest BCUT2D eigenvalue weighted by Crippen LogP contribution is 2.46. The molecule has 3 nitrogen and oxygen atoms in total. The summed E-state index contributed by atoms with van der Waals surface area (Å²) < 4.78 is 14.2. The molecule has 0 aliphatic heterocycles. The van der Waals surface area contributed by atoms with Crippen LogP contribution in [0.3, 0.4) is 0 Å². The number of aryl methyl sites for hydroxylation is 1. The van der Waals surface area contributed by atoms with E-state index in [2.05, 4.69) is 191 Å². The van der Waals surface area contributed by atoms with Crippen LogP contribution in [0.1, 0.15) is 23.3 Å². The second kappa shape index (κ2) is 12.2.